The Morgan fingerprint density at radius 1 is 1.03 bits per heavy atom. The molecule has 1 aliphatic rings. The Bertz CT molecular complexity index is 1000. The molecule has 6 nitrogen and oxygen atoms in total. The van der Waals surface area contributed by atoms with Crippen LogP contribution in [0.15, 0.2) is 53.3 Å². The second-order valence-corrected chi connectivity index (χ2v) is 6.61. The van der Waals surface area contributed by atoms with Crippen LogP contribution in [0.1, 0.15) is 12.7 Å². The first-order valence-corrected chi connectivity index (χ1v) is 9.44. The van der Waals surface area contributed by atoms with Crippen LogP contribution in [-0.4, -0.2) is 47.2 Å². The molecule has 0 saturated carbocycles. The van der Waals surface area contributed by atoms with Gasteiger partial charge in [0.2, 0.25) is 0 Å². The molecule has 2 heterocycles. The fraction of sp³-hybridized carbons (Fsp3) is 0.333. The highest BCUT2D eigenvalue weighted by atomic mass is 35.5. The molecule has 0 bridgehead atoms. The van der Waals surface area contributed by atoms with E-state index in [1.165, 1.54) is 0 Å². The second-order valence-electron chi connectivity index (χ2n) is 6.61. The molecule has 1 saturated heterocycles. The summed E-state index contributed by atoms with van der Waals surface area (Å²) in [5.41, 5.74) is 1.42. The summed E-state index contributed by atoms with van der Waals surface area (Å²) in [5.74, 6) is 1.44. The third kappa shape index (κ3) is 4.90. The lowest BCUT2D eigenvalue weighted by Crippen LogP contribution is -2.44. The molecule has 0 unspecified atom stereocenters. The second kappa shape index (κ2) is 10.6. The number of rotatable bonds is 5. The Morgan fingerprint density at radius 3 is 2.48 bits per heavy atom. The Morgan fingerprint density at radius 2 is 1.72 bits per heavy atom. The van der Waals surface area contributed by atoms with Gasteiger partial charge in [-0.15, -0.1) is 24.8 Å². The van der Waals surface area contributed by atoms with Crippen molar-refractivity contribution in [3.05, 3.63) is 64.7 Å². The lowest BCUT2D eigenvalue weighted by atomic mass is 10.2. The molecule has 2 aromatic carbocycles. The molecule has 1 aliphatic heterocycles. The van der Waals surface area contributed by atoms with Gasteiger partial charge in [0.1, 0.15) is 11.6 Å². The third-order valence-corrected chi connectivity index (χ3v) is 4.83. The number of aromatic nitrogens is 2. The van der Waals surface area contributed by atoms with E-state index in [1.807, 2.05) is 55.5 Å². The first kappa shape index (κ1) is 23.2. The first-order chi connectivity index (χ1) is 13.3. The zero-order valence-corrected chi connectivity index (χ0v) is 18.0. The van der Waals surface area contributed by atoms with Gasteiger partial charge in [0, 0.05) is 26.2 Å². The number of hydrogen-bond acceptors (Lipinski definition) is 5. The van der Waals surface area contributed by atoms with E-state index in [-0.39, 0.29) is 30.4 Å². The zero-order chi connectivity index (χ0) is 18.6. The number of piperazine rings is 1. The quantitative estimate of drug-likeness (QED) is 0.665. The molecule has 29 heavy (non-hydrogen) atoms. The van der Waals surface area contributed by atoms with Crippen molar-refractivity contribution in [2.45, 2.75) is 13.5 Å². The number of ether oxygens (including phenoxy) is 1. The first-order valence-electron chi connectivity index (χ1n) is 9.44. The molecule has 1 N–H and O–H groups in total. The maximum absolute atomic E-state index is 13.4. The van der Waals surface area contributed by atoms with Crippen LogP contribution in [0.3, 0.4) is 0 Å². The maximum Gasteiger partial charge on any atom is 0.266 e. The summed E-state index contributed by atoms with van der Waals surface area (Å²) in [6, 6.07) is 15.2. The van der Waals surface area contributed by atoms with Crippen molar-refractivity contribution in [3.63, 3.8) is 0 Å². The van der Waals surface area contributed by atoms with Crippen molar-refractivity contribution in [2.75, 3.05) is 32.8 Å². The fourth-order valence-corrected chi connectivity index (χ4v) is 3.52. The summed E-state index contributed by atoms with van der Waals surface area (Å²) < 4.78 is 7.51. The maximum atomic E-state index is 13.4. The average Bonchev–Trinajstić information content (AvgIpc) is 2.70. The van der Waals surface area contributed by atoms with E-state index in [9.17, 15) is 4.79 Å². The Hall–Kier alpha value is -2.12. The molecular weight excluding hydrogens is 411 g/mol. The third-order valence-electron chi connectivity index (χ3n) is 4.83. The van der Waals surface area contributed by atoms with Crippen molar-refractivity contribution in [2.24, 2.45) is 0 Å². The standard InChI is InChI=1S/C21H24N4O2.2ClH/c1-2-27-19-10-6-5-9-18(19)25-20(15-24-13-11-22-12-14-24)23-17-8-4-3-7-16(17)21(25)26;;/h3-10,22H,2,11-15H2,1H3;2*1H. The summed E-state index contributed by atoms with van der Waals surface area (Å²) in [7, 11) is 0. The summed E-state index contributed by atoms with van der Waals surface area (Å²) >= 11 is 0. The van der Waals surface area contributed by atoms with Crippen molar-refractivity contribution in [1.29, 1.82) is 0 Å². The summed E-state index contributed by atoms with van der Waals surface area (Å²) in [4.78, 5) is 20.6. The number of nitrogens with one attached hydrogen (secondary N) is 1. The van der Waals surface area contributed by atoms with Gasteiger partial charge in [-0.25, -0.2) is 4.98 Å². The van der Waals surface area contributed by atoms with Gasteiger partial charge in [-0.3, -0.25) is 14.3 Å². The van der Waals surface area contributed by atoms with Crippen molar-refractivity contribution >= 4 is 35.7 Å². The zero-order valence-electron chi connectivity index (χ0n) is 16.3. The van der Waals surface area contributed by atoms with Crippen LogP contribution in [0.25, 0.3) is 16.6 Å². The van der Waals surface area contributed by atoms with E-state index in [0.717, 1.165) is 43.2 Å². The number of nitrogens with zero attached hydrogens (tertiary/aromatic N) is 3. The summed E-state index contributed by atoms with van der Waals surface area (Å²) in [5, 5.41) is 3.98. The smallest absolute Gasteiger partial charge is 0.266 e. The van der Waals surface area contributed by atoms with Crippen molar-refractivity contribution in [3.8, 4) is 11.4 Å². The number of para-hydroxylation sites is 3. The SMILES string of the molecule is CCOc1ccccc1-n1c(CN2CCNCC2)nc2ccccc2c1=O.Cl.Cl. The number of halogens is 2. The highest BCUT2D eigenvalue weighted by molar-refractivity contribution is 5.85. The molecule has 8 heteroatoms. The van der Waals surface area contributed by atoms with Crippen LogP contribution < -0.4 is 15.6 Å². The van der Waals surface area contributed by atoms with E-state index in [4.69, 9.17) is 9.72 Å². The Labute approximate surface area is 182 Å². The van der Waals surface area contributed by atoms with Crippen LogP contribution >= 0.6 is 24.8 Å². The van der Waals surface area contributed by atoms with Crippen molar-refractivity contribution < 1.29 is 4.74 Å². The van der Waals surface area contributed by atoms with E-state index < -0.39 is 0 Å². The van der Waals surface area contributed by atoms with Crippen LogP contribution in [-0.2, 0) is 6.54 Å². The van der Waals surface area contributed by atoms with Crippen LogP contribution in [0.4, 0.5) is 0 Å². The van der Waals surface area contributed by atoms with Crippen molar-refractivity contribution in [1.82, 2.24) is 19.8 Å². The minimum Gasteiger partial charge on any atom is -0.492 e. The highest BCUT2D eigenvalue weighted by Crippen LogP contribution is 2.24. The van der Waals surface area contributed by atoms with E-state index in [2.05, 4.69) is 10.2 Å². The van der Waals surface area contributed by atoms with Gasteiger partial charge >= 0.3 is 0 Å². The molecule has 156 valence electrons. The van der Waals surface area contributed by atoms with E-state index >= 15 is 0 Å². The predicted molar refractivity (Wildman–Crippen MR) is 121 cm³/mol. The minimum absolute atomic E-state index is 0. The minimum atomic E-state index is -0.0575. The van der Waals surface area contributed by atoms with Gasteiger partial charge in [0.05, 0.1) is 29.7 Å². The van der Waals surface area contributed by atoms with Gasteiger partial charge < -0.3 is 10.1 Å². The summed E-state index contributed by atoms with van der Waals surface area (Å²) in [6.45, 7) is 6.90. The highest BCUT2D eigenvalue weighted by Gasteiger charge is 2.19. The van der Waals surface area contributed by atoms with E-state index in [0.29, 0.717) is 24.3 Å². The topological polar surface area (TPSA) is 59.4 Å². The average molecular weight is 437 g/mol. The molecule has 0 spiro atoms. The number of benzene rings is 2. The van der Waals surface area contributed by atoms with Gasteiger partial charge in [0.25, 0.3) is 5.56 Å². The molecule has 3 aromatic rings. The van der Waals surface area contributed by atoms with Crippen LogP contribution in [0, 0.1) is 0 Å². The van der Waals surface area contributed by atoms with Crippen LogP contribution in [0.5, 0.6) is 5.75 Å². The lowest BCUT2D eigenvalue weighted by Gasteiger charge is -2.28. The number of fused-ring (bicyclic) bond motifs is 1. The predicted octanol–water partition coefficient (Wildman–Crippen LogP) is 3.03. The van der Waals surface area contributed by atoms with Gasteiger partial charge in [-0.1, -0.05) is 24.3 Å². The number of hydrogen-bond donors (Lipinski definition) is 1. The van der Waals surface area contributed by atoms with Crippen LogP contribution in [0.2, 0.25) is 0 Å². The fourth-order valence-electron chi connectivity index (χ4n) is 3.52. The molecule has 0 radical (unpaired) electrons. The molecule has 0 amide bonds. The van der Waals surface area contributed by atoms with Gasteiger partial charge in [-0.2, -0.15) is 0 Å². The summed E-state index contributed by atoms with van der Waals surface area (Å²) in [6.07, 6.45) is 0. The molecule has 0 aliphatic carbocycles. The molecule has 1 aromatic heterocycles. The monoisotopic (exact) mass is 436 g/mol. The Kier molecular flexibility index (Phi) is 8.46. The van der Waals surface area contributed by atoms with Gasteiger partial charge in [0.15, 0.2) is 0 Å². The largest absolute Gasteiger partial charge is 0.492 e. The molecule has 1 fully saturated rings. The Balaban J connectivity index is 0.00000150. The molecular formula is C21H26Cl2N4O2. The normalized spacial score (nSPS) is 14.1. The lowest BCUT2D eigenvalue weighted by molar-refractivity contribution is 0.226. The molecule has 0 atom stereocenters. The van der Waals surface area contributed by atoms with E-state index in [1.54, 1.807) is 4.57 Å². The molecule has 4 rings (SSSR count). The van der Waals surface area contributed by atoms with Gasteiger partial charge in [-0.05, 0) is 31.2 Å².